The Labute approximate surface area is 362 Å². The van der Waals surface area contributed by atoms with Gasteiger partial charge < -0.3 is 72.6 Å². The van der Waals surface area contributed by atoms with Crippen LogP contribution < -0.4 is 42.5 Å². The zero-order chi connectivity index (χ0) is 48.4. The summed E-state index contributed by atoms with van der Waals surface area (Å²) in [6, 6.07) is 0. The van der Waals surface area contributed by atoms with Crippen molar-refractivity contribution in [3.05, 3.63) is 0 Å². The smallest absolute Gasteiger partial charge is 0.323 e. The standard InChI is InChI=1S/C34H50N12O18/c1-35-8-21(48)40-11-29(56)43(17-32(59)60)14-24(51)36-5-6-37-25(52)15-44(18-33(61)62)30(57)12-42-23(50)10-39-26(53)16-45(19-34(63)64)31(58)13-41-22(49)9-38-20(47)4-7-46-27(54)2-3-28(46)55/h35H,2-19H2,1H3,(H,36,51)(H,37,52)(H,38,47)(H,39,53)(H,40,48)(H,41,49)(H,42,50)(H,59,60)(H,61,62)(H,63,64). The largest absolute Gasteiger partial charge is 0.480 e. The van der Waals surface area contributed by atoms with E-state index >= 15 is 0 Å². The van der Waals surface area contributed by atoms with Crippen molar-refractivity contribution in [1.82, 2.24) is 62.1 Å². The minimum absolute atomic E-state index is 0.0357. The third-order valence-electron chi connectivity index (χ3n) is 8.07. The second kappa shape index (κ2) is 28.7. The molecule has 0 aliphatic carbocycles. The molecule has 30 heteroatoms. The molecule has 12 amide bonds. The zero-order valence-electron chi connectivity index (χ0n) is 34.5. The van der Waals surface area contributed by atoms with Gasteiger partial charge in [0.25, 0.3) is 0 Å². The van der Waals surface area contributed by atoms with Crippen molar-refractivity contribution in [1.29, 1.82) is 0 Å². The fourth-order valence-electron chi connectivity index (χ4n) is 5.02. The molecule has 1 heterocycles. The van der Waals surface area contributed by atoms with Crippen LogP contribution in [0, 0.1) is 0 Å². The number of amides is 12. The minimum Gasteiger partial charge on any atom is -0.480 e. The SMILES string of the molecule is CNCC(=O)NCC(=O)N(CC(=O)O)CC(=O)NCCNC(=O)CN(CC(=O)O)C(=O)CNC(=O)CNC(=O)CN(CC(=O)O)C(=O)CNC(=O)CNC(=O)CCN1C(=O)CCC1=O. The van der Waals surface area contributed by atoms with E-state index in [-0.39, 0.29) is 45.4 Å². The lowest BCUT2D eigenvalue weighted by molar-refractivity contribution is -0.146. The molecule has 1 fully saturated rings. The molecule has 0 aromatic heterocycles. The van der Waals surface area contributed by atoms with Crippen molar-refractivity contribution in [3.8, 4) is 0 Å². The lowest BCUT2D eigenvalue weighted by atomic mass is 10.3. The van der Waals surface area contributed by atoms with Crippen LogP contribution in [0.15, 0.2) is 0 Å². The maximum Gasteiger partial charge on any atom is 0.323 e. The van der Waals surface area contributed by atoms with Gasteiger partial charge in [-0.15, -0.1) is 0 Å². The van der Waals surface area contributed by atoms with Gasteiger partial charge in [0.15, 0.2) is 0 Å². The number of hydrogen-bond donors (Lipinski definition) is 11. The van der Waals surface area contributed by atoms with Crippen LogP contribution in [0.5, 0.6) is 0 Å². The number of likely N-dealkylation sites (N-methyl/N-ethyl adjacent to an activating group) is 1. The van der Waals surface area contributed by atoms with Crippen molar-refractivity contribution in [2.75, 3.05) is 105 Å². The molecule has 30 nitrogen and oxygen atoms in total. The van der Waals surface area contributed by atoms with E-state index in [9.17, 15) is 82.1 Å². The molecule has 1 aliphatic heterocycles. The topological polar surface area (TPSA) is 426 Å². The molecule has 0 unspecified atom stereocenters. The van der Waals surface area contributed by atoms with E-state index in [1.54, 1.807) is 0 Å². The second-order valence-electron chi connectivity index (χ2n) is 13.2. The summed E-state index contributed by atoms with van der Waals surface area (Å²) in [7, 11) is 1.48. The molecular weight excluding hydrogens is 864 g/mol. The molecular formula is C34H50N12O18. The van der Waals surface area contributed by atoms with Crippen molar-refractivity contribution in [3.63, 3.8) is 0 Å². The maximum absolute atomic E-state index is 12.7. The Morgan fingerprint density at radius 2 is 0.750 bits per heavy atom. The van der Waals surface area contributed by atoms with Crippen LogP contribution in [-0.2, 0) is 71.9 Å². The third kappa shape index (κ3) is 23.3. The quantitative estimate of drug-likeness (QED) is 0.0235. The molecule has 0 spiro atoms. The number of hydrogen-bond acceptors (Lipinski definition) is 16. The Bertz CT molecular complexity index is 1810. The van der Waals surface area contributed by atoms with Crippen LogP contribution in [0.4, 0.5) is 0 Å². The molecule has 1 rings (SSSR count). The summed E-state index contributed by atoms with van der Waals surface area (Å²) in [5.41, 5.74) is 0. The van der Waals surface area contributed by atoms with E-state index < -0.39 is 161 Å². The number of likely N-dealkylation sites (tertiary alicyclic amines) is 1. The fraction of sp³-hybridized carbons (Fsp3) is 0.559. The molecule has 64 heavy (non-hydrogen) atoms. The summed E-state index contributed by atoms with van der Waals surface area (Å²) in [4.78, 5) is 183. The van der Waals surface area contributed by atoms with E-state index in [1.165, 1.54) is 7.05 Å². The number of aliphatic carboxylic acids is 3. The monoisotopic (exact) mass is 914 g/mol. The number of carbonyl (C=O) groups excluding carboxylic acids is 12. The summed E-state index contributed by atoms with van der Waals surface area (Å²) < 4.78 is 0. The van der Waals surface area contributed by atoms with Gasteiger partial charge in [0.2, 0.25) is 70.9 Å². The highest BCUT2D eigenvalue weighted by atomic mass is 16.4. The average Bonchev–Trinajstić information content (AvgIpc) is 3.54. The third-order valence-corrected chi connectivity index (χ3v) is 8.07. The molecule has 0 aromatic carbocycles. The molecule has 0 saturated carbocycles. The number of carbonyl (C=O) groups is 15. The second-order valence-corrected chi connectivity index (χ2v) is 13.2. The number of nitrogens with one attached hydrogen (secondary N) is 8. The highest BCUT2D eigenvalue weighted by Gasteiger charge is 2.29. The van der Waals surface area contributed by atoms with Gasteiger partial charge in [0.1, 0.15) is 39.3 Å². The summed E-state index contributed by atoms with van der Waals surface area (Å²) in [5.74, 6) is -14.3. The number of carboxylic acid groups (broad SMARTS) is 3. The van der Waals surface area contributed by atoms with E-state index in [0.29, 0.717) is 14.7 Å². The Kier molecular flexibility index (Phi) is 24.3. The van der Waals surface area contributed by atoms with Gasteiger partial charge in [-0.25, -0.2) is 0 Å². The van der Waals surface area contributed by atoms with Crippen LogP contribution in [0.25, 0.3) is 0 Å². The van der Waals surface area contributed by atoms with E-state index in [1.807, 2.05) is 0 Å². The molecule has 11 N–H and O–H groups in total. The predicted molar refractivity (Wildman–Crippen MR) is 208 cm³/mol. The van der Waals surface area contributed by atoms with Gasteiger partial charge >= 0.3 is 17.9 Å². The summed E-state index contributed by atoms with van der Waals surface area (Å²) in [5, 5.41) is 45.4. The Hall–Kier alpha value is -7.79. The molecule has 0 atom stereocenters. The van der Waals surface area contributed by atoms with Gasteiger partial charge in [0, 0.05) is 38.9 Å². The zero-order valence-corrected chi connectivity index (χ0v) is 34.5. The first-order chi connectivity index (χ1) is 30.1. The number of carboxylic acids is 3. The van der Waals surface area contributed by atoms with Gasteiger partial charge in [-0.3, -0.25) is 76.8 Å². The fourth-order valence-corrected chi connectivity index (χ4v) is 5.02. The molecule has 354 valence electrons. The number of nitrogens with zero attached hydrogens (tertiary/aromatic N) is 4. The Morgan fingerprint density at radius 3 is 1.09 bits per heavy atom. The lowest BCUT2D eigenvalue weighted by Crippen LogP contribution is -2.50. The van der Waals surface area contributed by atoms with Gasteiger partial charge in [-0.2, -0.15) is 0 Å². The highest BCUT2D eigenvalue weighted by Crippen LogP contribution is 2.11. The predicted octanol–water partition coefficient (Wildman–Crippen LogP) is -9.70. The van der Waals surface area contributed by atoms with Crippen LogP contribution in [-0.4, -0.2) is 229 Å². The molecule has 1 aliphatic rings. The van der Waals surface area contributed by atoms with E-state index in [4.69, 9.17) is 5.11 Å². The van der Waals surface area contributed by atoms with Gasteiger partial charge in [-0.05, 0) is 7.05 Å². The normalized spacial score (nSPS) is 11.6. The van der Waals surface area contributed by atoms with Crippen molar-refractivity contribution in [2.24, 2.45) is 0 Å². The van der Waals surface area contributed by atoms with Gasteiger partial charge in [-0.1, -0.05) is 0 Å². The summed E-state index contributed by atoms with van der Waals surface area (Å²) in [6.45, 7) is -9.87. The maximum atomic E-state index is 12.7. The first kappa shape index (κ1) is 54.2. The van der Waals surface area contributed by atoms with E-state index in [2.05, 4.69) is 42.5 Å². The van der Waals surface area contributed by atoms with Crippen molar-refractivity contribution in [2.45, 2.75) is 19.3 Å². The molecule has 0 bridgehead atoms. The average molecular weight is 915 g/mol. The van der Waals surface area contributed by atoms with Crippen LogP contribution >= 0.6 is 0 Å². The first-order valence-corrected chi connectivity index (χ1v) is 18.9. The van der Waals surface area contributed by atoms with Gasteiger partial charge in [0.05, 0.1) is 39.3 Å². The minimum atomic E-state index is -1.55. The van der Waals surface area contributed by atoms with Crippen molar-refractivity contribution >= 4 is 88.8 Å². The summed E-state index contributed by atoms with van der Waals surface area (Å²) >= 11 is 0. The Morgan fingerprint density at radius 1 is 0.438 bits per heavy atom. The van der Waals surface area contributed by atoms with Crippen LogP contribution in [0.1, 0.15) is 19.3 Å². The number of imide groups is 1. The number of rotatable bonds is 30. The van der Waals surface area contributed by atoms with Crippen molar-refractivity contribution < 1.29 is 87.2 Å². The van der Waals surface area contributed by atoms with Crippen LogP contribution in [0.2, 0.25) is 0 Å². The summed E-state index contributed by atoms with van der Waals surface area (Å²) in [6.07, 6.45) is -0.214. The van der Waals surface area contributed by atoms with Crippen LogP contribution in [0.3, 0.4) is 0 Å². The Balaban J connectivity index is 2.53. The highest BCUT2D eigenvalue weighted by molar-refractivity contribution is 6.02. The van der Waals surface area contributed by atoms with E-state index in [0.717, 1.165) is 4.90 Å². The molecule has 0 radical (unpaired) electrons. The lowest BCUT2D eigenvalue weighted by Gasteiger charge is -2.21. The first-order valence-electron chi connectivity index (χ1n) is 18.9. The molecule has 1 saturated heterocycles. The molecule has 0 aromatic rings.